The predicted molar refractivity (Wildman–Crippen MR) is 126 cm³/mol. The molecule has 2 rings (SSSR count). The number of rotatable bonds is 9. The van der Waals surface area contributed by atoms with Crippen molar-refractivity contribution < 1.29 is 14.3 Å². The highest BCUT2D eigenvalue weighted by atomic mass is 16.7. The van der Waals surface area contributed by atoms with E-state index in [4.69, 9.17) is 9.47 Å². The fourth-order valence-corrected chi connectivity index (χ4v) is 3.20. The minimum Gasteiger partial charge on any atom is -0.454 e. The Balaban J connectivity index is 2.45. The van der Waals surface area contributed by atoms with Crippen LogP contribution in [0.25, 0.3) is 11.3 Å². The molecule has 1 heterocycles. The first-order valence-electron chi connectivity index (χ1n) is 10.7. The summed E-state index contributed by atoms with van der Waals surface area (Å²) in [6.07, 6.45) is 3.90. The molecule has 0 fully saturated rings. The van der Waals surface area contributed by atoms with Gasteiger partial charge in [-0.2, -0.15) is 5.10 Å². The third-order valence-corrected chi connectivity index (χ3v) is 4.96. The van der Waals surface area contributed by atoms with Gasteiger partial charge < -0.3 is 9.47 Å². The smallest absolute Gasteiger partial charge is 0.308 e. The molecule has 1 aromatic heterocycles. The summed E-state index contributed by atoms with van der Waals surface area (Å²) in [6.45, 7) is 10.4. The Hall–Kier alpha value is -2.89. The van der Waals surface area contributed by atoms with E-state index in [1.807, 2.05) is 27.0 Å². The third-order valence-electron chi connectivity index (χ3n) is 4.96. The van der Waals surface area contributed by atoms with Crippen molar-refractivity contribution in [2.24, 2.45) is 12.0 Å². The molecule has 0 radical (unpaired) electrons. The van der Waals surface area contributed by atoms with Crippen molar-refractivity contribution in [2.45, 2.75) is 59.3 Å². The number of esters is 1. The molecule has 6 heteroatoms. The van der Waals surface area contributed by atoms with Crippen LogP contribution in [0, 0.1) is 6.92 Å². The first-order valence-corrected chi connectivity index (χ1v) is 10.7. The topological polar surface area (TPSA) is 65.7 Å². The van der Waals surface area contributed by atoms with Gasteiger partial charge in [0.05, 0.1) is 5.69 Å². The largest absolute Gasteiger partial charge is 0.454 e. The summed E-state index contributed by atoms with van der Waals surface area (Å²) >= 11 is 0. The number of nitrogens with zero attached hydrogens (tertiary/aromatic N) is 3. The molecule has 0 atom stereocenters. The van der Waals surface area contributed by atoms with Gasteiger partial charge in [-0.15, -0.1) is 0 Å². The van der Waals surface area contributed by atoms with Gasteiger partial charge in [-0.05, 0) is 36.0 Å². The number of carbonyl (C=O) groups is 1. The molecule has 6 nitrogen and oxygen atoms in total. The Labute approximate surface area is 186 Å². The molecule has 0 amide bonds. The highest BCUT2D eigenvalue weighted by Gasteiger charge is 2.19. The number of hydrogen-bond donors (Lipinski definition) is 0. The van der Waals surface area contributed by atoms with Crippen LogP contribution in [-0.4, -0.2) is 35.8 Å². The molecule has 0 bridgehead atoms. The zero-order valence-electron chi connectivity index (χ0n) is 19.9. The summed E-state index contributed by atoms with van der Waals surface area (Å²) in [5.41, 5.74) is 4.73. The van der Waals surface area contributed by atoms with E-state index in [0.29, 0.717) is 12.2 Å². The Morgan fingerprint density at radius 1 is 1.19 bits per heavy atom. The molecule has 0 saturated carbocycles. The summed E-state index contributed by atoms with van der Waals surface area (Å²) in [6, 6.07) is 10.3. The minimum atomic E-state index is -0.261. The quantitative estimate of drug-likeness (QED) is 0.237. The summed E-state index contributed by atoms with van der Waals surface area (Å²) in [4.78, 5) is 16.2. The van der Waals surface area contributed by atoms with Crippen LogP contribution in [0.5, 0.6) is 0 Å². The van der Waals surface area contributed by atoms with Gasteiger partial charge in [-0.3, -0.25) is 14.5 Å². The maximum Gasteiger partial charge on any atom is 0.308 e. The predicted octanol–water partition coefficient (Wildman–Crippen LogP) is 5.30. The number of aliphatic imine (C=N–C) groups is 1. The van der Waals surface area contributed by atoms with Gasteiger partial charge in [0.15, 0.2) is 5.76 Å². The number of ether oxygens (including phenoxy) is 2. The van der Waals surface area contributed by atoms with Crippen LogP contribution >= 0.6 is 0 Å². The second kappa shape index (κ2) is 10.9. The molecule has 0 aliphatic rings. The van der Waals surface area contributed by atoms with Gasteiger partial charge in [0.25, 0.3) is 0 Å². The number of allylic oxidation sites excluding steroid dienone is 1. The van der Waals surface area contributed by atoms with Crippen LogP contribution in [0.1, 0.15) is 69.5 Å². The van der Waals surface area contributed by atoms with Gasteiger partial charge in [0.2, 0.25) is 6.79 Å². The standard InChI is InChI=1S/C25H35N3O3/c1-8-9-10-23(29)30-17-31-24(22-15-18(2)27-28(22)7)21(16-26-6)19-11-13-20(14-12-19)25(3,4)5/h11-16H,8-10,17H2,1-7H3/b24-21-,26-16-. The minimum absolute atomic E-state index is 0.0619. The van der Waals surface area contributed by atoms with Crippen molar-refractivity contribution in [1.82, 2.24) is 9.78 Å². The summed E-state index contributed by atoms with van der Waals surface area (Å²) in [5.74, 6) is 0.308. The van der Waals surface area contributed by atoms with Crippen LogP contribution in [0.15, 0.2) is 35.3 Å². The molecule has 0 spiro atoms. The van der Waals surface area contributed by atoms with Crippen molar-refractivity contribution in [3.05, 3.63) is 52.8 Å². The van der Waals surface area contributed by atoms with Gasteiger partial charge >= 0.3 is 5.97 Å². The Kier molecular flexibility index (Phi) is 8.60. The SMILES string of the molecule is CCCCC(=O)OCO/C(=C(/C=N\C)c1ccc(C(C)(C)C)cc1)c1cc(C)nn1C. The number of aryl methyl sites for hydroxylation is 2. The number of unbranched alkanes of at least 4 members (excludes halogenated alkanes) is 1. The van der Waals surface area contributed by atoms with E-state index >= 15 is 0 Å². The molecule has 31 heavy (non-hydrogen) atoms. The average Bonchev–Trinajstić information content (AvgIpc) is 3.05. The molecule has 0 unspecified atom stereocenters. The second-order valence-electron chi connectivity index (χ2n) is 8.63. The lowest BCUT2D eigenvalue weighted by Gasteiger charge is -2.20. The molecule has 0 N–H and O–H groups in total. The Morgan fingerprint density at radius 2 is 1.87 bits per heavy atom. The molecule has 168 valence electrons. The van der Waals surface area contributed by atoms with Crippen molar-refractivity contribution in [3.8, 4) is 0 Å². The third kappa shape index (κ3) is 6.81. The molecule has 1 aromatic carbocycles. The Morgan fingerprint density at radius 3 is 2.39 bits per heavy atom. The lowest BCUT2D eigenvalue weighted by atomic mass is 9.86. The molecule has 0 saturated heterocycles. The maximum absolute atomic E-state index is 11.9. The number of carbonyl (C=O) groups excluding carboxylic acids is 1. The van der Waals surface area contributed by atoms with E-state index in [9.17, 15) is 4.79 Å². The van der Waals surface area contributed by atoms with Crippen LogP contribution in [0.2, 0.25) is 0 Å². The van der Waals surface area contributed by atoms with Gasteiger partial charge in [0, 0.05) is 32.3 Å². The number of hydrogen-bond acceptors (Lipinski definition) is 5. The molecule has 0 aliphatic carbocycles. The number of aromatic nitrogens is 2. The monoisotopic (exact) mass is 425 g/mol. The lowest BCUT2D eigenvalue weighted by Crippen LogP contribution is -2.12. The number of benzene rings is 1. The summed E-state index contributed by atoms with van der Waals surface area (Å²) < 4.78 is 13.1. The summed E-state index contributed by atoms with van der Waals surface area (Å²) in [7, 11) is 3.59. The van der Waals surface area contributed by atoms with E-state index in [-0.39, 0.29) is 18.2 Å². The second-order valence-corrected chi connectivity index (χ2v) is 8.63. The van der Waals surface area contributed by atoms with Gasteiger partial charge in [-0.25, -0.2) is 0 Å². The lowest BCUT2D eigenvalue weighted by molar-refractivity contribution is -0.151. The van der Waals surface area contributed by atoms with Crippen molar-refractivity contribution >= 4 is 23.5 Å². The van der Waals surface area contributed by atoms with Crippen molar-refractivity contribution in [1.29, 1.82) is 0 Å². The Bertz CT molecular complexity index is 932. The molecular formula is C25H35N3O3. The first-order chi connectivity index (χ1) is 14.7. The molecular weight excluding hydrogens is 390 g/mol. The van der Waals surface area contributed by atoms with Crippen molar-refractivity contribution in [2.75, 3.05) is 13.8 Å². The van der Waals surface area contributed by atoms with E-state index < -0.39 is 0 Å². The highest BCUT2D eigenvalue weighted by molar-refractivity contribution is 6.18. The zero-order valence-corrected chi connectivity index (χ0v) is 19.9. The van der Waals surface area contributed by atoms with Crippen molar-refractivity contribution in [3.63, 3.8) is 0 Å². The van der Waals surface area contributed by atoms with E-state index in [1.165, 1.54) is 5.56 Å². The van der Waals surface area contributed by atoms with Crippen LogP contribution < -0.4 is 0 Å². The maximum atomic E-state index is 11.9. The fourth-order valence-electron chi connectivity index (χ4n) is 3.20. The molecule has 2 aromatic rings. The normalized spacial score (nSPS) is 12.7. The van der Waals surface area contributed by atoms with Crippen LogP contribution in [-0.2, 0) is 26.7 Å². The summed E-state index contributed by atoms with van der Waals surface area (Å²) in [5, 5.41) is 4.45. The molecule has 0 aliphatic heterocycles. The van der Waals surface area contributed by atoms with E-state index in [0.717, 1.165) is 35.4 Å². The fraction of sp³-hybridized carbons (Fsp3) is 0.480. The van der Waals surface area contributed by atoms with Crippen LogP contribution in [0.4, 0.5) is 0 Å². The van der Waals surface area contributed by atoms with Crippen LogP contribution in [0.3, 0.4) is 0 Å². The average molecular weight is 426 g/mol. The van der Waals surface area contributed by atoms with Gasteiger partial charge in [0.1, 0.15) is 5.69 Å². The van der Waals surface area contributed by atoms with E-state index in [2.05, 4.69) is 55.1 Å². The first kappa shape index (κ1) is 24.4. The zero-order chi connectivity index (χ0) is 23.0. The van der Waals surface area contributed by atoms with E-state index in [1.54, 1.807) is 17.9 Å². The van der Waals surface area contributed by atoms with Gasteiger partial charge in [-0.1, -0.05) is 58.4 Å². The highest BCUT2D eigenvalue weighted by Crippen LogP contribution is 2.29.